The lowest BCUT2D eigenvalue weighted by Gasteiger charge is -2.11. The van der Waals surface area contributed by atoms with E-state index < -0.39 is 18.2 Å². The van der Waals surface area contributed by atoms with Crippen molar-refractivity contribution in [1.82, 2.24) is 14.8 Å². The Kier molecular flexibility index (Phi) is 3.62. The number of hydrogen-bond donors (Lipinski definition) is 2. The zero-order chi connectivity index (χ0) is 11.4. The maximum atomic E-state index is 11.2. The molecule has 1 rings (SSSR count). The quantitative estimate of drug-likeness (QED) is 0.706. The van der Waals surface area contributed by atoms with Crippen LogP contribution in [-0.2, 0) is 16.1 Å². The van der Waals surface area contributed by atoms with Crippen molar-refractivity contribution in [3.05, 3.63) is 16.3 Å². The van der Waals surface area contributed by atoms with Crippen LogP contribution in [0.3, 0.4) is 0 Å². The average Bonchev–Trinajstić information content (AvgIpc) is 2.51. The van der Waals surface area contributed by atoms with E-state index in [0.717, 1.165) is 4.57 Å². The number of aliphatic carboxylic acids is 1. The summed E-state index contributed by atoms with van der Waals surface area (Å²) in [5, 5.41) is 14.6. The second kappa shape index (κ2) is 4.74. The van der Waals surface area contributed by atoms with Crippen molar-refractivity contribution in [3.63, 3.8) is 0 Å². The molecule has 0 radical (unpaired) electrons. The lowest BCUT2D eigenvalue weighted by atomic mass is 10.2. The van der Waals surface area contributed by atoms with Crippen LogP contribution in [0.2, 0.25) is 0 Å². The van der Waals surface area contributed by atoms with Gasteiger partial charge in [0.25, 0.3) is 0 Å². The van der Waals surface area contributed by atoms with Crippen LogP contribution in [-0.4, -0.2) is 33.0 Å². The van der Waals surface area contributed by atoms with E-state index in [2.05, 4.69) is 10.2 Å². The fourth-order valence-electron chi connectivity index (χ4n) is 1.32. The Hall–Kier alpha value is -1.63. The number of ether oxygens (including phenoxy) is 1. The van der Waals surface area contributed by atoms with E-state index in [1.807, 2.05) is 6.92 Å². The summed E-state index contributed by atoms with van der Waals surface area (Å²) in [5.74, 6) is -0.780. The van der Waals surface area contributed by atoms with Crippen LogP contribution in [0.15, 0.2) is 4.79 Å². The van der Waals surface area contributed by atoms with E-state index in [0.29, 0.717) is 12.2 Å². The molecule has 1 unspecified atom stereocenters. The Bertz CT molecular complexity index is 391. The number of carboxylic acids is 1. The molecule has 0 aliphatic carbocycles. The van der Waals surface area contributed by atoms with Gasteiger partial charge in [0, 0.05) is 7.11 Å². The Morgan fingerprint density at radius 3 is 2.87 bits per heavy atom. The fourth-order valence-corrected chi connectivity index (χ4v) is 1.32. The van der Waals surface area contributed by atoms with E-state index in [4.69, 9.17) is 9.84 Å². The molecule has 0 saturated carbocycles. The average molecular weight is 215 g/mol. The lowest BCUT2D eigenvalue weighted by Crippen LogP contribution is -2.24. The first kappa shape index (κ1) is 11.4. The highest BCUT2D eigenvalue weighted by molar-refractivity contribution is 5.66. The molecule has 1 aromatic heterocycles. The van der Waals surface area contributed by atoms with Crippen molar-refractivity contribution in [1.29, 1.82) is 0 Å². The molecule has 0 bridgehead atoms. The summed E-state index contributed by atoms with van der Waals surface area (Å²) in [5.41, 5.74) is -0.539. The summed E-state index contributed by atoms with van der Waals surface area (Å²) in [6, 6.07) is 0. The number of aromatic nitrogens is 3. The van der Waals surface area contributed by atoms with Crippen LogP contribution in [0.4, 0.5) is 0 Å². The summed E-state index contributed by atoms with van der Waals surface area (Å²) >= 11 is 0. The van der Waals surface area contributed by atoms with Crippen molar-refractivity contribution in [2.75, 3.05) is 7.11 Å². The molecule has 0 aliphatic heterocycles. The Labute approximate surface area is 85.7 Å². The molecule has 0 fully saturated rings. The van der Waals surface area contributed by atoms with Crippen LogP contribution in [0, 0.1) is 0 Å². The molecule has 0 aliphatic rings. The van der Waals surface area contributed by atoms with Gasteiger partial charge < -0.3 is 9.84 Å². The minimum absolute atomic E-state index is 0.312. The van der Waals surface area contributed by atoms with Crippen LogP contribution >= 0.6 is 0 Å². The Morgan fingerprint density at radius 1 is 1.73 bits per heavy atom. The van der Waals surface area contributed by atoms with Gasteiger partial charge in [0.15, 0.2) is 5.82 Å². The van der Waals surface area contributed by atoms with Crippen molar-refractivity contribution < 1.29 is 14.6 Å². The molecule has 84 valence electrons. The normalized spacial score (nSPS) is 12.7. The summed E-state index contributed by atoms with van der Waals surface area (Å²) in [4.78, 5) is 21.8. The van der Waals surface area contributed by atoms with E-state index in [1.165, 1.54) is 7.11 Å². The molecule has 0 aromatic carbocycles. The first-order valence-corrected chi connectivity index (χ1v) is 4.49. The number of nitrogens with one attached hydrogen (secondary N) is 1. The van der Waals surface area contributed by atoms with Gasteiger partial charge in [0.05, 0.1) is 0 Å². The number of methoxy groups -OCH3 is 1. The van der Waals surface area contributed by atoms with Crippen molar-refractivity contribution in [2.45, 2.75) is 26.0 Å². The van der Waals surface area contributed by atoms with Gasteiger partial charge in [0.2, 0.25) is 0 Å². The minimum atomic E-state index is -1.09. The summed E-state index contributed by atoms with van der Waals surface area (Å²) in [6.45, 7) is 1.45. The maximum Gasteiger partial charge on any atom is 0.343 e. The van der Waals surface area contributed by atoms with Crippen LogP contribution in [0.5, 0.6) is 0 Å². The molecule has 1 atom stereocenters. The smallest absolute Gasteiger partial charge is 0.343 e. The lowest BCUT2D eigenvalue weighted by molar-refractivity contribution is -0.137. The molecule has 7 heteroatoms. The first-order chi connectivity index (χ1) is 7.10. The van der Waals surface area contributed by atoms with Crippen LogP contribution < -0.4 is 5.69 Å². The van der Waals surface area contributed by atoms with E-state index in [1.54, 1.807) is 0 Å². The molecule has 15 heavy (non-hydrogen) atoms. The number of nitrogens with zero attached hydrogens (tertiary/aromatic N) is 2. The van der Waals surface area contributed by atoms with Gasteiger partial charge in [-0.25, -0.2) is 9.89 Å². The monoisotopic (exact) mass is 215 g/mol. The molecular weight excluding hydrogens is 202 g/mol. The molecule has 0 saturated heterocycles. The SMILES string of the molecule is CCC(OC)c1n[nH]c(=O)n1CC(=O)O. The first-order valence-electron chi connectivity index (χ1n) is 4.49. The number of H-pyrrole nitrogens is 1. The largest absolute Gasteiger partial charge is 0.480 e. The molecule has 1 heterocycles. The highest BCUT2D eigenvalue weighted by atomic mass is 16.5. The van der Waals surface area contributed by atoms with E-state index >= 15 is 0 Å². The third-order valence-electron chi connectivity index (χ3n) is 2.02. The molecule has 2 N–H and O–H groups in total. The standard InChI is InChI=1S/C8H13N3O4/c1-3-5(15-2)7-9-10-8(14)11(7)4-6(12)13/h5H,3-4H2,1-2H3,(H,10,14)(H,12,13). The zero-order valence-electron chi connectivity index (χ0n) is 8.56. The van der Waals surface area contributed by atoms with Gasteiger partial charge in [-0.1, -0.05) is 6.92 Å². The topological polar surface area (TPSA) is 97.2 Å². The third-order valence-corrected chi connectivity index (χ3v) is 2.02. The van der Waals surface area contributed by atoms with Crippen molar-refractivity contribution in [3.8, 4) is 0 Å². The van der Waals surface area contributed by atoms with E-state index in [-0.39, 0.29) is 6.10 Å². The maximum absolute atomic E-state index is 11.2. The molecule has 0 amide bonds. The van der Waals surface area contributed by atoms with Gasteiger partial charge in [-0.05, 0) is 6.42 Å². The van der Waals surface area contributed by atoms with Crippen LogP contribution in [0.1, 0.15) is 25.3 Å². The van der Waals surface area contributed by atoms with Gasteiger partial charge in [-0.3, -0.25) is 9.36 Å². The van der Waals surface area contributed by atoms with Crippen molar-refractivity contribution in [2.24, 2.45) is 0 Å². The van der Waals surface area contributed by atoms with Gasteiger partial charge in [-0.2, -0.15) is 5.10 Å². The van der Waals surface area contributed by atoms with Gasteiger partial charge in [-0.15, -0.1) is 0 Å². The minimum Gasteiger partial charge on any atom is -0.480 e. The molecule has 1 aromatic rings. The van der Waals surface area contributed by atoms with Gasteiger partial charge >= 0.3 is 11.7 Å². The molecule has 7 nitrogen and oxygen atoms in total. The number of carboxylic acid groups (broad SMARTS) is 1. The zero-order valence-corrected chi connectivity index (χ0v) is 8.56. The Morgan fingerprint density at radius 2 is 2.40 bits per heavy atom. The highest BCUT2D eigenvalue weighted by Gasteiger charge is 2.18. The third kappa shape index (κ3) is 2.44. The predicted molar refractivity (Wildman–Crippen MR) is 50.5 cm³/mol. The second-order valence-electron chi connectivity index (χ2n) is 3.00. The van der Waals surface area contributed by atoms with Crippen molar-refractivity contribution >= 4 is 5.97 Å². The second-order valence-corrected chi connectivity index (χ2v) is 3.00. The summed E-state index contributed by atoms with van der Waals surface area (Å²) in [6.07, 6.45) is 0.240. The van der Waals surface area contributed by atoms with E-state index in [9.17, 15) is 9.59 Å². The van der Waals surface area contributed by atoms with Crippen LogP contribution in [0.25, 0.3) is 0 Å². The highest BCUT2D eigenvalue weighted by Crippen LogP contribution is 2.15. The fraction of sp³-hybridized carbons (Fsp3) is 0.625. The number of hydrogen-bond acceptors (Lipinski definition) is 4. The Balaban J connectivity index is 3.07. The number of aromatic amines is 1. The summed E-state index contributed by atoms with van der Waals surface area (Å²) in [7, 11) is 1.48. The van der Waals surface area contributed by atoms with Gasteiger partial charge in [0.1, 0.15) is 12.6 Å². The number of carbonyl (C=O) groups is 1. The molecule has 0 spiro atoms. The number of rotatable bonds is 5. The predicted octanol–water partition coefficient (Wildman–Crippen LogP) is -0.246. The molecular formula is C8H13N3O4. The summed E-state index contributed by atoms with van der Waals surface area (Å²) < 4.78 is 6.14.